The summed E-state index contributed by atoms with van der Waals surface area (Å²) in [6, 6.07) is 0. The van der Waals surface area contributed by atoms with Crippen LogP contribution in [0.4, 0.5) is 0 Å². The van der Waals surface area contributed by atoms with E-state index in [0.717, 1.165) is 4.68 Å². The van der Waals surface area contributed by atoms with E-state index < -0.39 is 261 Å². The van der Waals surface area contributed by atoms with Gasteiger partial charge < -0.3 is 179 Å². The van der Waals surface area contributed by atoms with Crippen LogP contribution in [0.1, 0.15) is 29.0 Å². The van der Waals surface area contributed by atoms with Crippen molar-refractivity contribution in [1.29, 1.82) is 0 Å². The number of hydrogen-bond donors (Lipinski definition) is 23. The van der Waals surface area contributed by atoms with Crippen LogP contribution < -0.4 is 0 Å². The monoisotopic (exact) mass is 1530 g/mol. The largest absolute Gasteiger partial charge is 0.394 e. The van der Waals surface area contributed by atoms with Crippen LogP contribution in [-0.4, -0.2) is 439 Å². The Morgan fingerprint density at radius 3 is 0.887 bits per heavy atom. The van der Waals surface area contributed by atoms with Gasteiger partial charge in [0, 0.05) is 44.3 Å². The Kier molecular flexibility index (Phi) is 28.3. The number of ether oxygens (including phenoxy) is 13. The summed E-state index contributed by atoms with van der Waals surface area (Å²) >= 11 is 0. The lowest BCUT2D eigenvalue weighted by Crippen LogP contribution is -2.66. The van der Waals surface area contributed by atoms with Gasteiger partial charge in [-0.1, -0.05) is 20.9 Å². The van der Waals surface area contributed by atoms with Crippen molar-refractivity contribution in [3.05, 3.63) is 47.6 Å². The second kappa shape index (κ2) is 36.5. The minimum Gasteiger partial charge on any atom is -0.394 e. The molecule has 0 aromatic carbocycles. The zero-order valence-electron chi connectivity index (χ0n) is 56.1. The highest BCUT2D eigenvalue weighted by Gasteiger charge is 2.56. The quantitative estimate of drug-likeness (QED) is 0.0222. The van der Waals surface area contributed by atoms with Gasteiger partial charge in [0.25, 0.3) is 0 Å². The molecule has 0 bridgehead atoms. The van der Waals surface area contributed by atoms with Gasteiger partial charge in [-0.25, -0.2) is 18.7 Å². The average Bonchev–Trinajstić information content (AvgIpc) is 1.29. The van der Waals surface area contributed by atoms with Crippen LogP contribution in [-0.2, 0) is 107 Å². The number of rotatable bonds is 31. The number of aromatic nitrogens is 12. The van der Waals surface area contributed by atoms with E-state index in [1.54, 1.807) is 0 Å². The van der Waals surface area contributed by atoms with Gasteiger partial charge in [0.1, 0.15) is 171 Å². The summed E-state index contributed by atoms with van der Waals surface area (Å²) < 4.78 is 80.2. The van der Waals surface area contributed by atoms with Crippen molar-refractivity contribution in [3.63, 3.8) is 0 Å². The third-order valence-corrected chi connectivity index (χ3v) is 19.2. The highest BCUT2D eigenvalue weighted by molar-refractivity contribution is 5.03. The SMILES string of the molecule is OC[C@H]1O[C@H](OCCc2cn(C[C@H]3O[C@H](O[C@H]4[C@H](O)[C@@H](O)[C@@H](O[C@H]5[C@H](O)[C@@H](O)[C@H](n6cc(CCO[C@H]7O[C@H](CO)[C@@H](O)[C@H](O)[C@@H]7O)nn6)O[C@@H]5Cn5cc(CCO[C@H]6O[C@H](CO)[C@@H](O)[C@H](O)[C@@H]6O)nn5)O[C@@H]4Cn4cc(CCO[C@H]5O[C@H](CO)[C@@H](O)[C@H](O)[C@@H]5O)nn4)[C@H](O)[C@@H](O)[C@@H]3O)nn2)[C@@H](O)[C@@H](O)[C@@H]1O. The summed E-state index contributed by atoms with van der Waals surface area (Å²) in [5.41, 5.74) is 0.855. The van der Waals surface area contributed by atoms with Crippen LogP contribution in [0.2, 0.25) is 0 Å². The third-order valence-electron chi connectivity index (χ3n) is 19.2. The van der Waals surface area contributed by atoms with Crippen LogP contribution in [0, 0.1) is 0 Å². The predicted molar refractivity (Wildman–Crippen MR) is 327 cm³/mol. The molecule has 23 N–H and O–H groups in total. The van der Waals surface area contributed by atoms with E-state index in [-0.39, 0.29) is 74.9 Å². The molecule has 0 radical (unpaired) electrons. The fourth-order valence-corrected chi connectivity index (χ4v) is 12.9. The van der Waals surface area contributed by atoms with Crippen LogP contribution in [0.3, 0.4) is 0 Å². The Bertz CT molecular complexity index is 3310. The Labute approximate surface area is 598 Å². The number of hydrogen-bond acceptors (Lipinski definition) is 44. The molecule has 106 heavy (non-hydrogen) atoms. The van der Waals surface area contributed by atoms with Crippen molar-refractivity contribution in [2.75, 3.05) is 52.9 Å². The Balaban J connectivity index is 0.813. The molecule has 600 valence electrons. The maximum atomic E-state index is 12.3. The molecule has 4 aromatic rings. The molecule has 48 heteroatoms. The van der Waals surface area contributed by atoms with E-state index in [4.69, 9.17) is 61.6 Å². The molecule has 0 aliphatic carbocycles. The molecule has 0 unspecified atom stereocenters. The standard InChI is InChI=1S/C58H92N12O36/c71-16-27-32(76)37(81)44(88)53(101-27)94-5-1-20-9-67(63-59-20)13-24-31(75)36(80)48(92)57(99-24)106-51-26(15-69-11-22(61-65-69)3-7-96-55-46(90)39(83)34(78)29(18-73)103-55)100-58(49(93)42(51)86)105-50-25(14-68-10-21(60-64-68)2-6-95-54-45(89)38(82)33(77)28(17-72)102-54)98-52(43(87)41(50)85)70-12-23(62-66-70)4-8-97-56-47(91)40(84)35(79)30(19-74)104-56/h9-12,24-58,71-93H,1-8,13-19H2/t24-,25-,26-,27-,28-,29-,30-,31-,32-,33-,34-,35-,36+,37+,38+,39+,40+,41-,42-,43-,44+,45+,46+,47+,48-,49-,50-,51-,52-,53+,54+,55+,56+,57-,58-/m1/s1. The van der Waals surface area contributed by atoms with E-state index >= 15 is 0 Å². The van der Waals surface area contributed by atoms with Gasteiger partial charge in [0.15, 0.2) is 44.0 Å². The molecule has 11 heterocycles. The summed E-state index contributed by atoms with van der Waals surface area (Å²) in [6.07, 6.45) is -54.4. The molecule has 0 spiro atoms. The summed E-state index contributed by atoms with van der Waals surface area (Å²) in [5.74, 6) is 0. The van der Waals surface area contributed by atoms with Crippen molar-refractivity contribution in [3.8, 4) is 0 Å². The normalized spacial score (nSPS) is 42.5. The first kappa shape index (κ1) is 82.1. The summed E-state index contributed by atoms with van der Waals surface area (Å²) in [6.45, 7) is -5.11. The first-order valence-electron chi connectivity index (χ1n) is 34.0. The second-order valence-electron chi connectivity index (χ2n) is 26.5. The average molecular weight is 1530 g/mol. The summed E-state index contributed by atoms with van der Waals surface area (Å²) in [7, 11) is 0. The molecular formula is C58H92N12O36. The van der Waals surface area contributed by atoms with Gasteiger partial charge in [-0.2, -0.15) is 0 Å². The van der Waals surface area contributed by atoms with E-state index in [9.17, 15) is 117 Å². The first-order chi connectivity index (χ1) is 50.7. The van der Waals surface area contributed by atoms with Gasteiger partial charge in [-0.15, -0.1) is 20.4 Å². The molecule has 0 amide bonds. The summed E-state index contributed by atoms with van der Waals surface area (Å²) in [4.78, 5) is 0. The fourth-order valence-electron chi connectivity index (χ4n) is 12.9. The van der Waals surface area contributed by atoms with E-state index in [1.807, 2.05) is 0 Å². The highest BCUT2D eigenvalue weighted by Crippen LogP contribution is 2.37. The minimum atomic E-state index is -2.22. The highest BCUT2D eigenvalue weighted by atomic mass is 16.8. The molecule has 0 saturated carbocycles. The molecule has 7 saturated heterocycles. The van der Waals surface area contributed by atoms with Gasteiger partial charge in [0.2, 0.25) is 0 Å². The van der Waals surface area contributed by atoms with E-state index in [2.05, 4.69) is 41.2 Å². The zero-order valence-corrected chi connectivity index (χ0v) is 56.1. The van der Waals surface area contributed by atoms with Crippen LogP contribution in [0.15, 0.2) is 24.8 Å². The summed E-state index contributed by atoms with van der Waals surface area (Å²) in [5, 5.41) is 278. The lowest BCUT2D eigenvalue weighted by atomic mass is 9.95. The van der Waals surface area contributed by atoms with Crippen LogP contribution in [0.25, 0.3) is 0 Å². The van der Waals surface area contributed by atoms with Crippen molar-refractivity contribution < 1.29 is 179 Å². The fraction of sp³-hybridized carbons (Fsp3) is 0.862. The molecular weight excluding hydrogens is 1440 g/mol. The number of nitrogens with zero attached hydrogens (tertiary/aromatic N) is 12. The number of aliphatic hydroxyl groups is 23. The van der Waals surface area contributed by atoms with Crippen molar-refractivity contribution in [1.82, 2.24) is 60.0 Å². The van der Waals surface area contributed by atoms with Crippen LogP contribution in [0.5, 0.6) is 0 Å². The molecule has 48 nitrogen and oxygen atoms in total. The van der Waals surface area contributed by atoms with Gasteiger partial charge >= 0.3 is 0 Å². The van der Waals surface area contributed by atoms with Gasteiger partial charge in [-0.3, -0.25) is 0 Å². The second-order valence-corrected chi connectivity index (χ2v) is 26.5. The lowest BCUT2D eigenvalue weighted by Gasteiger charge is -2.48. The minimum absolute atomic E-state index is 0.00587. The maximum Gasteiger partial charge on any atom is 0.187 e. The maximum absolute atomic E-state index is 12.3. The van der Waals surface area contributed by atoms with Crippen molar-refractivity contribution in [2.45, 2.75) is 260 Å². The van der Waals surface area contributed by atoms with Crippen molar-refractivity contribution >= 4 is 0 Å². The first-order valence-corrected chi connectivity index (χ1v) is 34.0. The molecule has 7 aliphatic rings. The van der Waals surface area contributed by atoms with Crippen molar-refractivity contribution in [2.24, 2.45) is 0 Å². The topological polar surface area (TPSA) is 708 Å². The molecule has 7 fully saturated rings. The predicted octanol–water partition coefficient (Wildman–Crippen LogP) is -16.8. The molecule has 35 atom stereocenters. The van der Waals surface area contributed by atoms with Gasteiger partial charge in [-0.05, 0) is 0 Å². The number of aliphatic hydroxyl groups excluding tert-OH is 23. The Hall–Kier alpha value is -4.88. The zero-order chi connectivity index (χ0) is 76.1. The third kappa shape index (κ3) is 18.5. The van der Waals surface area contributed by atoms with Crippen LogP contribution >= 0.6 is 0 Å². The lowest BCUT2D eigenvalue weighted by molar-refractivity contribution is -0.373. The van der Waals surface area contributed by atoms with E-state index in [1.165, 1.54) is 38.8 Å². The Morgan fingerprint density at radius 1 is 0.274 bits per heavy atom. The Morgan fingerprint density at radius 2 is 0.538 bits per heavy atom. The smallest absolute Gasteiger partial charge is 0.187 e. The van der Waals surface area contributed by atoms with E-state index in [0.29, 0.717) is 0 Å². The molecule has 4 aromatic heterocycles. The molecule has 7 aliphatic heterocycles. The molecule has 11 rings (SSSR count). The van der Waals surface area contributed by atoms with Gasteiger partial charge in [0.05, 0.1) is 101 Å².